The minimum atomic E-state index is 0.712. The van der Waals surface area contributed by atoms with Crippen LogP contribution in [0.4, 0.5) is 0 Å². The van der Waals surface area contributed by atoms with Crippen LogP contribution in [0.1, 0.15) is 5.56 Å². The molecule has 1 rings (SSSR count). The van der Waals surface area contributed by atoms with Crippen molar-refractivity contribution in [2.75, 3.05) is 7.11 Å². The SMILES string of the molecule is COc1cc(C)c(Cl)cc1SN. The molecule has 0 saturated carbocycles. The normalized spacial score (nSPS) is 10.0. The number of rotatable bonds is 2. The Hall–Kier alpha value is -0.380. The number of hydrogen-bond donors (Lipinski definition) is 1. The molecule has 0 radical (unpaired) electrons. The summed E-state index contributed by atoms with van der Waals surface area (Å²) < 4.78 is 5.11. The average molecular weight is 204 g/mol. The fourth-order valence-electron chi connectivity index (χ4n) is 0.888. The Kier molecular flexibility index (Phi) is 3.26. The van der Waals surface area contributed by atoms with Gasteiger partial charge in [-0.25, -0.2) is 0 Å². The van der Waals surface area contributed by atoms with Gasteiger partial charge in [0.25, 0.3) is 0 Å². The number of benzene rings is 1. The minimum Gasteiger partial charge on any atom is -0.496 e. The van der Waals surface area contributed by atoms with Gasteiger partial charge in [0.15, 0.2) is 0 Å². The van der Waals surface area contributed by atoms with Gasteiger partial charge in [0.2, 0.25) is 0 Å². The first kappa shape index (κ1) is 9.71. The maximum Gasteiger partial charge on any atom is 0.134 e. The van der Waals surface area contributed by atoms with Crippen molar-refractivity contribution in [3.05, 3.63) is 22.7 Å². The van der Waals surface area contributed by atoms with Crippen molar-refractivity contribution >= 4 is 23.5 Å². The highest BCUT2D eigenvalue weighted by Crippen LogP contribution is 2.31. The van der Waals surface area contributed by atoms with Gasteiger partial charge in [0.1, 0.15) is 5.75 Å². The molecule has 0 saturated heterocycles. The van der Waals surface area contributed by atoms with Crippen molar-refractivity contribution in [2.24, 2.45) is 5.14 Å². The van der Waals surface area contributed by atoms with Crippen LogP contribution >= 0.6 is 23.5 Å². The maximum absolute atomic E-state index is 5.90. The molecule has 0 unspecified atom stereocenters. The van der Waals surface area contributed by atoms with E-state index in [4.69, 9.17) is 21.5 Å². The van der Waals surface area contributed by atoms with Crippen molar-refractivity contribution in [3.63, 3.8) is 0 Å². The zero-order valence-electron chi connectivity index (χ0n) is 6.93. The highest BCUT2D eigenvalue weighted by Gasteiger charge is 2.05. The number of methoxy groups -OCH3 is 1. The highest BCUT2D eigenvalue weighted by atomic mass is 35.5. The number of aryl methyl sites for hydroxylation is 1. The number of hydrogen-bond acceptors (Lipinski definition) is 3. The molecule has 0 heterocycles. The first-order chi connectivity index (χ1) is 5.69. The molecule has 0 fully saturated rings. The Morgan fingerprint density at radius 3 is 2.67 bits per heavy atom. The molecule has 0 amide bonds. The average Bonchev–Trinajstić information content (AvgIpc) is 2.09. The summed E-state index contributed by atoms with van der Waals surface area (Å²) in [6.07, 6.45) is 0. The zero-order valence-corrected chi connectivity index (χ0v) is 8.50. The van der Waals surface area contributed by atoms with Crippen molar-refractivity contribution in [2.45, 2.75) is 11.8 Å². The van der Waals surface area contributed by atoms with Crippen molar-refractivity contribution in [1.29, 1.82) is 0 Å². The van der Waals surface area contributed by atoms with Gasteiger partial charge in [0, 0.05) is 5.02 Å². The third-order valence-corrected chi connectivity index (χ3v) is 2.55. The van der Waals surface area contributed by atoms with Crippen LogP contribution in [0.15, 0.2) is 17.0 Å². The third-order valence-electron chi connectivity index (χ3n) is 1.57. The lowest BCUT2D eigenvalue weighted by molar-refractivity contribution is 0.404. The van der Waals surface area contributed by atoms with Gasteiger partial charge in [-0.1, -0.05) is 11.6 Å². The molecule has 0 aliphatic heterocycles. The molecule has 4 heteroatoms. The summed E-state index contributed by atoms with van der Waals surface area (Å²) in [6, 6.07) is 3.68. The number of halogens is 1. The molecule has 0 aliphatic rings. The molecule has 2 nitrogen and oxygen atoms in total. The van der Waals surface area contributed by atoms with Crippen LogP contribution in [0.3, 0.4) is 0 Å². The molecule has 0 aromatic heterocycles. The second kappa shape index (κ2) is 4.03. The quantitative estimate of drug-likeness (QED) is 0.751. The molecule has 0 spiro atoms. The van der Waals surface area contributed by atoms with E-state index in [9.17, 15) is 0 Å². The van der Waals surface area contributed by atoms with Crippen LogP contribution in [0, 0.1) is 6.92 Å². The lowest BCUT2D eigenvalue weighted by Crippen LogP contribution is -1.90. The van der Waals surface area contributed by atoms with Crippen molar-refractivity contribution in [3.8, 4) is 5.75 Å². The van der Waals surface area contributed by atoms with Crippen LogP contribution in [0.2, 0.25) is 5.02 Å². The summed E-state index contributed by atoms with van der Waals surface area (Å²) in [5, 5.41) is 6.13. The standard InChI is InChI=1S/C8H10ClNOS/c1-5-3-7(11-2)8(12-10)4-6(5)9/h3-4H,10H2,1-2H3. The molecule has 12 heavy (non-hydrogen) atoms. The summed E-state index contributed by atoms with van der Waals surface area (Å²) >= 11 is 7.03. The first-order valence-electron chi connectivity index (χ1n) is 3.40. The molecule has 66 valence electrons. The van der Waals surface area contributed by atoms with Gasteiger partial charge in [-0.3, -0.25) is 5.14 Å². The topological polar surface area (TPSA) is 35.2 Å². The largest absolute Gasteiger partial charge is 0.496 e. The van der Waals surface area contributed by atoms with Crippen LogP contribution in [-0.4, -0.2) is 7.11 Å². The second-order valence-corrected chi connectivity index (χ2v) is 3.45. The van der Waals surface area contributed by atoms with E-state index in [1.165, 1.54) is 0 Å². The van der Waals surface area contributed by atoms with Gasteiger partial charge in [-0.2, -0.15) is 0 Å². The van der Waals surface area contributed by atoms with Gasteiger partial charge < -0.3 is 4.74 Å². The Labute approximate surface area is 81.2 Å². The van der Waals surface area contributed by atoms with Crippen LogP contribution in [0.25, 0.3) is 0 Å². The lowest BCUT2D eigenvalue weighted by atomic mass is 10.2. The first-order valence-corrected chi connectivity index (χ1v) is 4.65. The van der Waals surface area contributed by atoms with Gasteiger partial charge in [-0.15, -0.1) is 0 Å². The smallest absolute Gasteiger partial charge is 0.134 e. The predicted octanol–water partition coefficient (Wildman–Crippen LogP) is 2.62. The van der Waals surface area contributed by atoms with E-state index < -0.39 is 0 Å². The molecule has 2 N–H and O–H groups in total. The Morgan fingerprint density at radius 1 is 1.50 bits per heavy atom. The van der Waals surface area contributed by atoms with Gasteiger partial charge in [-0.05, 0) is 36.6 Å². The fraction of sp³-hybridized carbons (Fsp3) is 0.250. The van der Waals surface area contributed by atoms with Gasteiger partial charge in [0.05, 0.1) is 12.0 Å². The fourth-order valence-corrected chi connectivity index (χ4v) is 1.56. The number of nitrogens with two attached hydrogens (primary N) is 1. The van der Waals surface area contributed by atoms with E-state index in [1.54, 1.807) is 13.2 Å². The van der Waals surface area contributed by atoms with Crippen LogP contribution < -0.4 is 9.88 Å². The van der Waals surface area contributed by atoms with E-state index in [1.807, 2.05) is 13.0 Å². The van der Waals surface area contributed by atoms with Crippen LogP contribution in [0.5, 0.6) is 5.75 Å². The molecule has 1 aromatic rings. The van der Waals surface area contributed by atoms with Gasteiger partial charge >= 0.3 is 0 Å². The molecule has 0 bridgehead atoms. The van der Waals surface area contributed by atoms with E-state index in [0.29, 0.717) is 5.02 Å². The zero-order chi connectivity index (χ0) is 9.14. The molecule has 0 aliphatic carbocycles. The molecule has 1 aromatic carbocycles. The predicted molar refractivity (Wildman–Crippen MR) is 52.8 cm³/mol. The molecule has 0 atom stereocenters. The molecular weight excluding hydrogens is 194 g/mol. The number of ether oxygens (including phenoxy) is 1. The van der Waals surface area contributed by atoms with Crippen molar-refractivity contribution < 1.29 is 4.74 Å². The monoisotopic (exact) mass is 203 g/mol. The Balaban J connectivity index is 3.19. The van der Waals surface area contributed by atoms with E-state index >= 15 is 0 Å². The highest BCUT2D eigenvalue weighted by molar-refractivity contribution is 7.97. The molecular formula is C8H10ClNOS. The second-order valence-electron chi connectivity index (χ2n) is 2.37. The Bertz CT molecular complexity index is 262. The summed E-state index contributed by atoms with van der Waals surface area (Å²) in [7, 11) is 1.61. The maximum atomic E-state index is 5.90. The van der Waals surface area contributed by atoms with E-state index in [-0.39, 0.29) is 0 Å². The lowest BCUT2D eigenvalue weighted by Gasteiger charge is -2.07. The third kappa shape index (κ3) is 1.86. The summed E-state index contributed by atoms with van der Waals surface area (Å²) in [4.78, 5) is 0.855. The minimum absolute atomic E-state index is 0.712. The summed E-state index contributed by atoms with van der Waals surface area (Å²) in [5.41, 5.74) is 0.992. The van der Waals surface area contributed by atoms with Crippen molar-refractivity contribution in [1.82, 2.24) is 0 Å². The van der Waals surface area contributed by atoms with E-state index in [2.05, 4.69) is 0 Å². The van der Waals surface area contributed by atoms with E-state index in [0.717, 1.165) is 28.2 Å². The summed E-state index contributed by atoms with van der Waals surface area (Å²) in [5.74, 6) is 0.768. The Morgan fingerprint density at radius 2 is 2.17 bits per heavy atom. The summed E-state index contributed by atoms with van der Waals surface area (Å²) in [6.45, 7) is 1.93. The van der Waals surface area contributed by atoms with Crippen LogP contribution in [-0.2, 0) is 0 Å².